The van der Waals surface area contributed by atoms with E-state index in [1.165, 1.54) is 23.1 Å². The Morgan fingerprint density at radius 1 is 1.30 bits per heavy atom. The third-order valence-corrected chi connectivity index (χ3v) is 4.57. The molecule has 0 spiro atoms. The van der Waals surface area contributed by atoms with E-state index in [0.29, 0.717) is 10.1 Å². The van der Waals surface area contributed by atoms with Crippen LogP contribution in [0.2, 0.25) is 4.34 Å². The first kappa shape index (κ1) is 19.8. The van der Waals surface area contributed by atoms with E-state index < -0.39 is 30.1 Å². The predicted octanol–water partition coefficient (Wildman–Crippen LogP) is 2.80. The summed E-state index contributed by atoms with van der Waals surface area (Å²) in [6, 6.07) is 3.07. The lowest BCUT2D eigenvalue weighted by atomic mass is 10.1. The first-order valence-electron chi connectivity index (χ1n) is 6.75. The molecule has 6 nitrogen and oxygen atoms in total. The minimum atomic E-state index is -0.671. The molecule has 0 unspecified atom stereocenters. The van der Waals surface area contributed by atoms with Crippen LogP contribution >= 0.6 is 34.7 Å². The van der Waals surface area contributed by atoms with Crippen LogP contribution in [-0.2, 0) is 20.1 Å². The second-order valence-electron chi connectivity index (χ2n) is 5.61. The molecule has 1 rings (SSSR count). The molecule has 3 amide bonds. The number of carbonyl (C=O) groups excluding carboxylic acids is 3. The summed E-state index contributed by atoms with van der Waals surface area (Å²) >= 11 is 8.63. The molecule has 0 saturated carbocycles. The Kier molecular flexibility index (Phi) is 7.87. The second-order valence-corrected chi connectivity index (χ2v) is 8.40. The van der Waals surface area contributed by atoms with E-state index in [1.54, 1.807) is 26.8 Å². The fourth-order valence-corrected chi connectivity index (χ4v) is 3.40. The van der Waals surface area contributed by atoms with E-state index >= 15 is 0 Å². The van der Waals surface area contributed by atoms with Crippen LogP contribution in [0.3, 0.4) is 0 Å². The molecule has 0 fully saturated rings. The molecule has 9 heteroatoms. The summed E-state index contributed by atoms with van der Waals surface area (Å²) < 4.78 is 5.51. The van der Waals surface area contributed by atoms with Crippen LogP contribution in [0.25, 0.3) is 0 Å². The van der Waals surface area contributed by atoms with Crippen LogP contribution in [0.4, 0.5) is 4.79 Å². The van der Waals surface area contributed by atoms with Crippen molar-refractivity contribution in [1.82, 2.24) is 10.6 Å². The van der Waals surface area contributed by atoms with Gasteiger partial charge in [0.2, 0.25) is 0 Å². The van der Waals surface area contributed by atoms with Gasteiger partial charge in [0.1, 0.15) is 0 Å². The molecule has 0 radical (unpaired) electrons. The van der Waals surface area contributed by atoms with Crippen molar-refractivity contribution in [2.24, 2.45) is 0 Å². The summed E-state index contributed by atoms with van der Waals surface area (Å²) in [6.07, 6.45) is 0. The number of carbonyl (C=O) groups is 3. The van der Waals surface area contributed by atoms with Crippen molar-refractivity contribution < 1.29 is 19.1 Å². The first-order valence-corrected chi connectivity index (χ1v) is 9.10. The maximum Gasteiger partial charge on any atom is 0.321 e. The summed E-state index contributed by atoms with van der Waals surface area (Å²) in [5.41, 5.74) is -0.456. The van der Waals surface area contributed by atoms with E-state index in [9.17, 15) is 14.4 Å². The lowest BCUT2D eigenvalue weighted by molar-refractivity contribution is -0.145. The van der Waals surface area contributed by atoms with E-state index in [1.807, 2.05) is 6.07 Å². The van der Waals surface area contributed by atoms with Gasteiger partial charge in [-0.2, -0.15) is 0 Å². The molecule has 0 aliphatic carbocycles. The minimum Gasteiger partial charge on any atom is -0.455 e. The van der Waals surface area contributed by atoms with Crippen LogP contribution in [0.5, 0.6) is 0 Å². The number of thioether (sulfide) groups is 1. The topological polar surface area (TPSA) is 84.5 Å². The smallest absolute Gasteiger partial charge is 0.321 e. The van der Waals surface area contributed by atoms with Gasteiger partial charge in [-0.3, -0.25) is 14.9 Å². The number of hydrogen-bond donors (Lipinski definition) is 2. The van der Waals surface area contributed by atoms with Gasteiger partial charge in [-0.05, 0) is 32.9 Å². The molecule has 0 aliphatic heterocycles. The van der Waals surface area contributed by atoms with E-state index in [2.05, 4.69) is 10.6 Å². The molecule has 0 aliphatic rings. The van der Waals surface area contributed by atoms with Crippen LogP contribution in [0.1, 0.15) is 25.6 Å². The fourth-order valence-electron chi connectivity index (χ4n) is 1.39. The third kappa shape index (κ3) is 9.47. The zero-order chi connectivity index (χ0) is 17.5. The summed E-state index contributed by atoms with van der Waals surface area (Å²) in [4.78, 5) is 35.5. The zero-order valence-corrected chi connectivity index (χ0v) is 15.5. The number of nitrogens with one attached hydrogen (secondary N) is 2. The number of ether oxygens (including phenoxy) is 1. The number of amides is 3. The lowest BCUT2D eigenvalue weighted by Crippen LogP contribution is -2.49. The molecule has 2 N–H and O–H groups in total. The van der Waals surface area contributed by atoms with Gasteiger partial charge in [0.15, 0.2) is 6.61 Å². The van der Waals surface area contributed by atoms with Crippen molar-refractivity contribution in [2.75, 3.05) is 12.4 Å². The predicted molar refractivity (Wildman–Crippen MR) is 92.9 cm³/mol. The minimum absolute atomic E-state index is 0.122. The maximum absolute atomic E-state index is 11.5. The molecule has 1 heterocycles. The van der Waals surface area contributed by atoms with Gasteiger partial charge in [0.05, 0.1) is 10.1 Å². The number of esters is 1. The number of imide groups is 1. The summed E-state index contributed by atoms with van der Waals surface area (Å²) in [5.74, 6) is -0.414. The van der Waals surface area contributed by atoms with E-state index in [-0.39, 0.29) is 5.75 Å². The highest BCUT2D eigenvalue weighted by molar-refractivity contribution is 7.99. The van der Waals surface area contributed by atoms with Crippen molar-refractivity contribution in [3.63, 3.8) is 0 Å². The van der Waals surface area contributed by atoms with Crippen LogP contribution in [0.15, 0.2) is 12.1 Å². The Morgan fingerprint density at radius 3 is 2.57 bits per heavy atom. The lowest BCUT2D eigenvalue weighted by Gasteiger charge is -2.20. The standard InChI is InChI=1S/C14H19ClN2O4S2/c1-14(2,3)17-13(20)16-11(18)6-21-12(19)8-22-7-9-4-5-10(15)23-9/h4-5H,6-8H2,1-3H3,(H2,16,17,18,20). The number of hydrogen-bond acceptors (Lipinski definition) is 6. The SMILES string of the molecule is CC(C)(C)NC(=O)NC(=O)COC(=O)CSCc1ccc(Cl)s1. The van der Waals surface area contributed by atoms with Gasteiger partial charge in [-0.15, -0.1) is 23.1 Å². The Balaban J connectivity index is 2.17. The molecule has 1 aromatic heterocycles. The fraction of sp³-hybridized carbons (Fsp3) is 0.500. The monoisotopic (exact) mass is 378 g/mol. The number of urea groups is 1. The Morgan fingerprint density at radius 2 is 2.00 bits per heavy atom. The van der Waals surface area contributed by atoms with Crippen LogP contribution < -0.4 is 10.6 Å². The Hall–Kier alpha value is -1.25. The molecule has 0 aromatic carbocycles. The molecule has 1 aromatic rings. The van der Waals surface area contributed by atoms with Gasteiger partial charge in [-0.1, -0.05) is 11.6 Å². The second kappa shape index (κ2) is 9.14. The van der Waals surface area contributed by atoms with Crippen LogP contribution in [-0.4, -0.2) is 35.8 Å². The average Bonchev–Trinajstić information content (AvgIpc) is 2.80. The molecule has 0 atom stereocenters. The number of halogens is 1. The Bertz CT molecular complexity index is 569. The number of rotatable bonds is 6. The molecule has 0 bridgehead atoms. The third-order valence-electron chi connectivity index (χ3n) is 2.20. The van der Waals surface area contributed by atoms with Crippen molar-refractivity contribution in [2.45, 2.75) is 32.1 Å². The Labute approximate surface area is 148 Å². The zero-order valence-electron chi connectivity index (χ0n) is 13.1. The summed E-state index contributed by atoms with van der Waals surface area (Å²) in [5, 5.41) is 4.66. The van der Waals surface area contributed by atoms with Gasteiger partial charge in [0.25, 0.3) is 5.91 Å². The largest absolute Gasteiger partial charge is 0.455 e. The van der Waals surface area contributed by atoms with Gasteiger partial charge >= 0.3 is 12.0 Å². The van der Waals surface area contributed by atoms with Crippen molar-refractivity contribution in [1.29, 1.82) is 0 Å². The molecule has 23 heavy (non-hydrogen) atoms. The normalized spacial score (nSPS) is 11.0. The quantitative estimate of drug-likeness (QED) is 0.743. The van der Waals surface area contributed by atoms with Crippen molar-refractivity contribution in [3.8, 4) is 0 Å². The first-order chi connectivity index (χ1) is 10.7. The number of thiophene rings is 1. The summed E-state index contributed by atoms with van der Waals surface area (Å²) in [6.45, 7) is 4.88. The highest BCUT2D eigenvalue weighted by Gasteiger charge is 2.16. The van der Waals surface area contributed by atoms with E-state index in [0.717, 1.165) is 4.88 Å². The van der Waals surface area contributed by atoms with Crippen molar-refractivity contribution in [3.05, 3.63) is 21.3 Å². The molecule has 128 valence electrons. The maximum atomic E-state index is 11.5. The van der Waals surface area contributed by atoms with Gasteiger partial charge in [-0.25, -0.2) is 4.79 Å². The highest BCUT2D eigenvalue weighted by Crippen LogP contribution is 2.25. The summed E-state index contributed by atoms with van der Waals surface area (Å²) in [7, 11) is 0. The average molecular weight is 379 g/mol. The van der Waals surface area contributed by atoms with Gasteiger partial charge in [0, 0.05) is 16.2 Å². The molecular weight excluding hydrogens is 360 g/mol. The van der Waals surface area contributed by atoms with Gasteiger partial charge < -0.3 is 10.1 Å². The molecule has 0 saturated heterocycles. The van der Waals surface area contributed by atoms with Crippen molar-refractivity contribution >= 4 is 52.6 Å². The van der Waals surface area contributed by atoms with E-state index in [4.69, 9.17) is 16.3 Å². The highest BCUT2D eigenvalue weighted by atomic mass is 35.5. The van der Waals surface area contributed by atoms with Crippen LogP contribution in [0, 0.1) is 0 Å². The molecular formula is C14H19ClN2O4S2.